The molecule has 2 rings (SSSR count). The van der Waals surface area contributed by atoms with Gasteiger partial charge in [0.1, 0.15) is 17.2 Å². The lowest BCUT2D eigenvalue weighted by atomic mass is 10.1. The Morgan fingerprint density at radius 2 is 1.54 bits per heavy atom. The minimum Gasteiger partial charge on any atom is -0.285 e. The number of rotatable bonds is 4. The highest BCUT2D eigenvalue weighted by Gasteiger charge is 2.37. The summed E-state index contributed by atoms with van der Waals surface area (Å²) in [6, 6.07) is 3.51. The Bertz CT molecular complexity index is 711. The second kappa shape index (κ2) is 7.44. The average molecular weight is 350 g/mol. The van der Waals surface area contributed by atoms with E-state index < -0.39 is 23.4 Å². The SMILES string of the molecule is CCN1C(=O)C(=C/C=C/c2c(F)cccc2F)C(=O)N(CC)C1=S. The van der Waals surface area contributed by atoms with E-state index in [-0.39, 0.29) is 16.2 Å². The van der Waals surface area contributed by atoms with E-state index in [1.54, 1.807) is 13.8 Å². The first-order valence-corrected chi connectivity index (χ1v) is 7.83. The van der Waals surface area contributed by atoms with Crippen LogP contribution in [0.2, 0.25) is 0 Å². The fourth-order valence-corrected chi connectivity index (χ4v) is 2.74. The van der Waals surface area contributed by atoms with Crippen LogP contribution in [0, 0.1) is 11.6 Å². The number of hydrogen-bond acceptors (Lipinski definition) is 3. The number of hydrogen-bond donors (Lipinski definition) is 0. The maximum Gasteiger partial charge on any atom is 0.265 e. The first kappa shape index (κ1) is 17.9. The molecule has 1 aromatic carbocycles. The molecule has 0 atom stereocenters. The summed E-state index contributed by atoms with van der Waals surface area (Å²) in [5.74, 6) is -2.48. The molecule has 7 heteroatoms. The molecule has 0 unspecified atom stereocenters. The van der Waals surface area contributed by atoms with Gasteiger partial charge in [-0.1, -0.05) is 12.1 Å². The summed E-state index contributed by atoms with van der Waals surface area (Å²) in [5, 5.41) is 0.163. The number of allylic oxidation sites excluding steroid dienone is 2. The third-order valence-electron chi connectivity index (χ3n) is 3.57. The lowest BCUT2D eigenvalue weighted by Crippen LogP contribution is -2.55. The smallest absolute Gasteiger partial charge is 0.265 e. The van der Waals surface area contributed by atoms with E-state index in [0.717, 1.165) is 12.1 Å². The van der Waals surface area contributed by atoms with Gasteiger partial charge in [0.05, 0.1) is 0 Å². The van der Waals surface area contributed by atoms with Crippen molar-refractivity contribution in [3.63, 3.8) is 0 Å². The van der Waals surface area contributed by atoms with Crippen LogP contribution in [0.25, 0.3) is 6.08 Å². The molecule has 1 aromatic rings. The molecule has 24 heavy (non-hydrogen) atoms. The van der Waals surface area contributed by atoms with E-state index in [9.17, 15) is 18.4 Å². The Morgan fingerprint density at radius 1 is 1.04 bits per heavy atom. The Balaban J connectivity index is 2.36. The van der Waals surface area contributed by atoms with Crippen molar-refractivity contribution in [3.05, 3.63) is 53.1 Å². The van der Waals surface area contributed by atoms with E-state index in [2.05, 4.69) is 0 Å². The number of amides is 2. The molecule has 126 valence electrons. The summed E-state index contributed by atoms with van der Waals surface area (Å²) in [6.45, 7) is 4.14. The second-order valence-electron chi connectivity index (χ2n) is 4.96. The molecule has 0 spiro atoms. The fourth-order valence-electron chi connectivity index (χ4n) is 2.31. The standard InChI is InChI=1S/C17H16F2N2O2S/c1-3-20-15(22)12(16(23)21(4-2)17(20)24)8-5-7-11-13(18)9-6-10-14(11)19/h5-10H,3-4H2,1-2H3/b7-5+. The van der Waals surface area contributed by atoms with Crippen LogP contribution in [0.15, 0.2) is 35.9 Å². The van der Waals surface area contributed by atoms with E-state index in [4.69, 9.17) is 12.2 Å². The van der Waals surface area contributed by atoms with E-state index in [0.29, 0.717) is 13.1 Å². The molecule has 0 saturated carbocycles. The number of benzene rings is 1. The minimum atomic E-state index is -0.725. The van der Waals surface area contributed by atoms with Crippen molar-refractivity contribution in [3.8, 4) is 0 Å². The lowest BCUT2D eigenvalue weighted by molar-refractivity contribution is -0.133. The Kier molecular flexibility index (Phi) is 5.56. The van der Waals surface area contributed by atoms with Crippen LogP contribution in [0.5, 0.6) is 0 Å². The summed E-state index contributed by atoms with van der Waals surface area (Å²) in [6.07, 6.45) is 3.71. The lowest BCUT2D eigenvalue weighted by Gasteiger charge is -2.35. The summed E-state index contributed by atoms with van der Waals surface area (Å²) >= 11 is 5.14. The molecule has 1 heterocycles. The molecule has 0 aliphatic carbocycles. The van der Waals surface area contributed by atoms with Crippen molar-refractivity contribution >= 4 is 35.2 Å². The minimum absolute atomic E-state index is 0.0969. The second-order valence-corrected chi connectivity index (χ2v) is 5.32. The van der Waals surface area contributed by atoms with E-state index in [1.165, 1.54) is 34.1 Å². The van der Waals surface area contributed by atoms with Gasteiger partial charge in [-0.3, -0.25) is 19.4 Å². The molecular formula is C17H16F2N2O2S. The maximum absolute atomic E-state index is 13.6. The fraction of sp³-hybridized carbons (Fsp3) is 0.235. The van der Waals surface area contributed by atoms with Crippen LogP contribution in [0.3, 0.4) is 0 Å². The van der Waals surface area contributed by atoms with Crippen molar-refractivity contribution in [2.45, 2.75) is 13.8 Å². The summed E-state index contributed by atoms with van der Waals surface area (Å²) in [4.78, 5) is 27.3. The molecule has 0 aromatic heterocycles. The quantitative estimate of drug-likeness (QED) is 0.476. The maximum atomic E-state index is 13.6. The third kappa shape index (κ3) is 3.26. The van der Waals surface area contributed by atoms with E-state index in [1.807, 2.05) is 0 Å². The molecule has 0 radical (unpaired) electrons. The molecule has 2 amide bonds. The number of likely N-dealkylation sites (N-methyl/N-ethyl adjacent to an activating group) is 2. The van der Waals surface area contributed by atoms with Gasteiger partial charge in [-0.25, -0.2) is 8.78 Å². The van der Waals surface area contributed by atoms with Gasteiger partial charge in [-0.2, -0.15) is 0 Å². The number of carbonyl (C=O) groups is 2. The number of halogens is 2. The molecule has 1 saturated heterocycles. The summed E-state index contributed by atoms with van der Waals surface area (Å²) in [5.41, 5.74) is -0.333. The Hall–Kier alpha value is -2.41. The summed E-state index contributed by atoms with van der Waals surface area (Å²) in [7, 11) is 0. The van der Waals surface area contributed by atoms with Crippen molar-refractivity contribution < 1.29 is 18.4 Å². The zero-order chi connectivity index (χ0) is 17.9. The summed E-state index contributed by atoms with van der Waals surface area (Å²) < 4.78 is 27.1. The van der Waals surface area contributed by atoms with Gasteiger partial charge in [0.2, 0.25) is 0 Å². The highest BCUT2D eigenvalue weighted by atomic mass is 32.1. The first-order chi connectivity index (χ1) is 11.4. The van der Waals surface area contributed by atoms with E-state index >= 15 is 0 Å². The molecule has 1 fully saturated rings. The topological polar surface area (TPSA) is 40.6 Å². The van der Waals surface area contributed by atoms with Gasteiger partial charge < -0.3 is 0 Å². The third-order valence-corrected chi connectivity index (χ3v) is 4.01. The molecule has 1 aliphatic heterocycles. The van der Waals surface area contributed by atoms with Gasteiger partial charge in [-0.15, -0.1) is 0 Å². The molecule has 4 nitrogen and oxygen atoms in total. The van der Waals surface area contributed by atoms with Crippen molar-refractivity contribution in [1.82, 2.24) is 9.80 Å². The van der Waals surface area contributed by atoms with Gasteiger partial charge in [0, 0.05) is 18.7 Å². The highest BCUT2D eigenvalue weighted by Crippen LogP contribution is 2.18. The van der Waals surface area contributed by atoms with Crippen LogP contribution in [0.1, 0.15) is 19.4 Å². The monoisotopic (exact) mass is 350 g/mol. The number of thiocarbonyl (C=S) groups is 1. The number of nitrogens with zero attached hydrogens (tertiary/aromatic N) is 2. The predicted molar refractivity (Wildman–Crippen MR) is 90.8 cm³/mol. The Labute approximate surface area is 144 Å². The Morgan fingerprint density at radius 3 is 2.00 bits per heavy atom. The first-order valence-electron chi connectivity index (χ1n) is 7.42. The van der Waals surface area contributed by atoms with Gasteiger partial charge in [0.25, 0.3) is 11.8 Å². The molecule has 0 N–H and O–H groups in total. The van der Waals surface area contributed by atoms with Gasteiger partial charge >= 0.3 is 0 Å². The van der Waals surface area contributed by atoms with Crippen LogP contribution in [0.4, 0.5) is 8.78 Å². The van der Waals surface area contributed by atoms with Crippen LogP contribution < -0.4 is 0 Å². The zero-order valence-electron chi connectivity index (χ0n) is 13.3. The molecule has 0 bridgehead atoms. The largest absolute Gasteiger partial charge is 0.285 e. The van der Waals surface area contributed by atoms with Crippen LogP contribution in [-0.4, -0.2) is 39.8 Å². The van der Waals surface area contributed by atoms with Gasteiger partial charge in [-0.05, 0) is 50.4 Å². The molecular weight excluding hydrogens is 334 g/mol. The molecule has 1 aliphatic rings. The normalized spacial score (nSPS) is 15.7. The van der Waals surface area contributed by atoms with Crippen molar-refractivity contribution in [1.29, 1.82) is 0 Å². The predicted octanol–water partition coefficient (Wildman–Crippen LogP) is 2.90. The highest BCUT2D eigenvalue weighted by molar-refractivity contribution is 7.80. The number of carbonyl (C=O) groups excluding carboxylic acids is 2. The zero-order valence-corrected chi connectivity index (χ0v) is 14.1. The van der Waals surface area contributed by atoms with Crippen molar-refractivity contribution in [2.24, 2.45) is 0 Å². The average Bonchev–Trinajstić information content (AvgIpc) is 2.54. The van der Waals surface area contributed by atoms with Crippen LogP contribution in [-0.2, 0) is 9.59 Å². The van der Waals surface area contributed by atoms with Crippen molar-refractivity contribution in [2.75, 3.05) is 13.1 Å². The van der Waals surface area contributed by atoms with Crippen LogP contribution >= 0.6 is 12.2 Å². The van der Waals surface area contributed by atoms with Gasteiger partial charge in [0.15, 0.2) is 5.11 Å².